The molecule has 0 spiro atoms. The molecule has 0 saturated carbocycles. The number of hydrogen-bond donors (Lipinski definition) is 2. The van der Waals surface area contributed by atoms with Crippen molar-refractivity contribution in [1.82, 2.24) is 0 Å². The number of aryl methyl sites for hydroxylation is 1. The van der Waals surface area contributed by atoms with Gasteiger partial charge >= 0.3 is 0 Å². The topological polar surface area (TPSA) is 75.4 Å². The van der Waals surface area contributed by atoms with E-state index < -0.39 is 0 Å². The zero-order valence-electron chi connectivity index (χ0n) is 11.8. The SMILES string of the molecule is CCC(CC)(CO)CNc1c(C)cccc1[N+](=O)[O-]. The largest absolute Gasteiger partial charge is 0.396 e. The van der Waals surface area contributed by atoms with Gasteiger partial charge in [-0.05, 0) is 25.3 Å². The van der Waals surface area contributed by atoms with Crippen LogP contribution in [-0.4, -0.2) is 23.2 Å². The van der Waals surface area contributed by atoms with E-state index in [1.165, 1.54) is 6.07 Å². The normalized spacial score (nSPS) is 11.4. The number of rotatable bonds is 7. The molecule has 1 aromatic carbocycles. The van der Waals surface area contributed by atoms with E-state index in [1.54, 1.807) is 6.07 Å². The summed E-state index contributed by atoms with van der Waals surface area (Å²) in [5, 5.41) is 23.7. The summed E-state index contributed by atoms with van der Waals surface area (Å²) in [6.07, 6.45) is 1.65. The first-order chi connectivity index (χ1) is 8.99. The molecule has 0 aliphatic rings. The predicted octanol–water partition coefficient (Wildman–Crippen LogP) is 3.11. The van der Waals surface area contributed by atoms with Crippen molar-refractivity contribution in [1.29, 1.82) is 0 Å². The average Bonchev–Trinajstić information content (AvgIpc) is 2.42. The molecule has 1 rings (SSSR count). The maximum absolute atomic E-state index is 11.0. The van der Waals surface area contributed by atoms with Gasteiger partial charge in [0.2, 0.25) is 0 Å². The van der Waals surface area contributed by atoms with Crippen LogP contribution in [0.1, 0.15) is 32.3 Å². The molecule has 0 heterocycles. The minimum atomic E-state index is -0.381. The smallest absolute Gasteiger partial charge is 0.292 e. The lowest BCUT2D eigenvalue weighted by Crippen LogP contribution is -2.32. The number of anilines is 1. The van der Waals surface area contributed by atoms with Crippen molar-refractivity contribution in [3.05, 3.63) is 33.9 Å². The molecule has 0 aromatic heterocycles. The molecule has 0 aliphatic heterocycles. The van der Waals surface area contributed by atoms with E-state index in [1.807, 2.05) is 26.8 Å². The van der Waals surface area contributed by atoms with Gasteiger partial charge in [-0.2, -0.15) is 0 Å². The van der Waals surface area contributed by atoms with E-state index in [2.05, 4.69) is 5.32 Å². The fourth-order valence-corrected chi connectivity index (χ4v) is 2.09. The Morgan fingerprint density at radius 2 is 2.00 bits per heavy atom. The lowest BCUT2D eigenvalue weighted by Gasteiger charge is -2.30. The molecule has 0 fully saturated rings. The van der Waals surface area contributed by atoms with Crippen molar-refractivity contribution >= 4 is 11.4 Å². The average molecular weight is 266 g/mol. The number of hydrogen-bond acceptors (Lipinski definition) is 4. The van der Waals surface area contributed by atoms with Gasteiger partial charge in [-0.1, -0.05) is 26.0 Å². The van der Waals surface area contributed by atoms with Crippen molar-refractivity contribution in [2.75, 3.05) is 18.5 Å². The van der Waals surface area contributed by atoms with Gasteiger partial charge < -0.3 is 10.4 Å². The van der Waals surface area contributed by atoms with Crippen molar-refractivity contribution in [3.8, 4) is 0 Å². The third-order valence-electron chi connectivity index (χ3n) is 3.92. The molecular formula is C14H22N2O3. The second-order valence-corrected chi connectivity index (χ2v) is 4.94. The van der Waals surface area contributed by atoms with E-state index in [9.17, 15) is 15.2 Å². The zero-order valence-corrected chi connectivity index (χ0v) is 11.8. The zero-order chi connectivity index (χ0) is 14.5. The first-order valence-electron chi connectivity index (χ1n) is 6.58. The van der Waals surface area contributed by atoms with Crippen LogP contribution in [0.2, 0.25) is 0 Å². The number of aliphatic hydroxyl groups is 1. The van der Waals surface area contributed by atoms with Crippen LogP contribution in [-0.2, 0) is 0 Å². The Labute approximate surface area is 113 Å². The molecule has 0 unspecified atom stereocenters. The monoisotopic (exact) mass is 266 g/mol. The fraction of sp³-hybridized carbons (Fsp3) is 0.571. The van der Waals surface area contributed by atoms with Crippen LogP contribution in [0, 0.1) is 22.5 Å². The molecule has 0 aliphatic carbocycles. The minimum absolute atomic E-state index is 0.0761. The quantitative estimate of drug-likeness (QED) is 0.587. The first-order valence-corrected chi connectivity index (χ1v) is 6.58. The van der Waals surface area contributed by atoms with Crippen LogP contribution in [0.5, 0.6) is 0 Å². The van der Waals surface area contributed by atoms with Gasteiger partial charge in [-0.3, -0.25) is 10.1 Å². The highest BCUT2D eigenvalue weighted by atomic mass is 16.6. The summed E-state index contributed by atoms with van der Waals surface area (Å²) >= 11 is 0. The van der Waals surface area contributed by atoms with E-state index in [0.717, 1.165) is 18.4 Å². The number of para-hydroxylation sites is 1. The molecule has 0 radical (unpaired) electrons. The number of nitro groups is 1. The molecule has 2 N–H and O–H groups in total. The van der Waals surface area contributed by atoms with Crippen LogP contribution in [0.25, 0.3) is 0 Å². The van der Waals surface area contributed by atoms with Crippen LogP contribution >= 0.6 is 0 Å². The molecule has 5 nitrogen and oxygen atoms in total. The third kappa shape index (κ3) is 3.44. The standard InChI is InChI=1S/C14H22N2O3/c1-4-14(5-2,10-17)9-15-13-11(3)7-6-8-12(13)16(18)19/h6-8,15,17H,4-5,9-10H2,1-3H3. The van der Waals surface area contributed by atoms with Crippen molar-refractivity contribution in [2.24, 2.45) is 5.41 Å². The maximum atomic E-state index is 11.0. The Balaban J connectivity index is 2.97. The summed E-state index contributed by atoms with van der Waals surface area (Å²) in [7, 11) is 0. The molecular weight excluding hydrogens is 244 g/mol. The highest BCUT2D eigenvalue weighted by Gasteiger charge is 2.26. The van der Waals surface area contributed by atoms with Gasteiger partial charge in [0.1, 0.15) is 5.69 Å². The Morgan fingerprint density at radius 3 is 2.47 bits per heavy atom. The van der Waals surface area contributed by atoms with Crippen molar-refractivity contribution in [2.45, 2.75) is 33.6 Å². The van der Waals surface area contributed by atoms with Crippen LogP contribution in [0.3, 0.4) is 0 Å². The number of aliphatic hydroxyl groups excluding tert-OH is 1. The van der Waals surface area contributed by atoms with Gasteiger partial charge in [0.05, 0.1) is 11.5 Å². The van der Waals surface area contributed by atoms with E-state index >= 15 is 0 Å². The Hall–Kier alpha value is -1.62. The van der Waals surface area contributed by atoms with E-state index in [0.29, 0.717) is 12.2 Å². The third-order valence-corrected chi connectivity index (χ3v) is 3.92. The molecule has 19 heavy (non-hydrogen) atoms. The summed E-state index contributed by atoms with van der Waals surface area (Å²) in [4.78, 5) is 10.6. The van der Waals surface area contributed by atoms with Gasteiger partial charge in [0.15, 0.2) is 0 Å². The summed E-state index contributed by atoms with van der Waals surface area (Å²) in [6.45, 7) is 6.49. The molecule has 0 atom stereocenters. The maximum Gasteiger partial charge on any atom is 0.292 e. The first kappa shape index (κ1) is 15.4. The number of benzene rings is 1. The van der Waals surface area contributed by atoms with Crippen LogP contribution in [0.15, 0.2) is 18.2 Å². The fourth-order valence-electron chi connectivity index (χ4n) is 2.09. The molecule has 5 heteroatoms. The minimum Gasteiger partial charge on any atom is -0.396 e. The highest BCUT2D eigenvalue weighted by Crippen LogP contribution is 2.31. The summed E-state index contributed by atoms with van der Waals surface area (Å²) < 4.78 is 0. The second kappa shape index (κ2) is 6.52. The molecule has 0 saturated heterocycles. The lowest BCUT2D eigenvalue weighted by atomic mass is 9.83. The van der Waals surface area contributed by atoms with Crippen molar-refractivity contribution in [3.63, 3.8) is 0 Å². The second-order valence-electron chi connectivity index (χ2n) is 4.94. The van der Waals surface area contributed by atoms with Crippen LogP contribution in [0.4, 0.5) is 11.4 Å². The lowest BCUT2D eigenvalue weighted by molar-refractivity contribution is -0.384. The van der Waals surface area contributed by atoms with Gasteiger partial charge in [-0.25, -0.2) is 0 Å². The Bertz CT molecular complexity index is 434. The van der Waals surface area contributed by atoms with Crippen LogP contribution < -0.4 is 5.32 Å². The summed E-state index contributed by atoms with van der Waals surface area (Å²) in [5.41, 5.74) is 1.25. The Morgan fingerprint density at radius 1 is 1.37 bits per heavy atom. The number of nitro benzene ring substituents is 1. The highest BCUT2D eigenvalue weighted by molar-refractivity contribution is 5.66. The summed E-state index contributed by atoms with van der Waals surface area (Å²) in [5.74, 6) is 0. The number of nitrogens with one attached hydrogen (secondary N) is 1. The summed E-state index contributed by atoms with van der Waals surface area (Å²) in [6, 6.07) is 5.01. The van der Waals surface area contributed by atoms with Gasteiger partial charge in [0.25, 0.3) is 5.69 Å². The molecule has 106 valence electrons. The number of nitrogens with zero attached hydrogens (tertiary/aromatic N) is 1. The van der Waals surface area contributed by atoms with E-state index in [4.69, 9.17) is 0 Å². The Kier molecular flexibility index (Phi) is 5.30. The predicted molar refractivity (Wildman–Crippen MR) is 76.4 cm³/mol. The van der Waals surface area contributed by atoms with Crippen molar-refractivity contribution < 1.29 is 10.0 Å². The molecule has 1 aromatic rings. The molecule has 0 amide bonds. The molecule has 0 bridgehead atoms. The van der Waals surface area contributed by atoms with Gasteiger partial charge in [0, 0.05) is 18.0 Å². The van der Waals surface area contributed by atoms with E-state index in [-0.39, 0.29) is 22.6 Å². The van der Waals surface area contributed by atoms with Gasteiger partial charge in [-0.15, -0.1) is 0 Å².